The molecule has 1 saturated heterocycles. The predicted octanol–water partition coefficient (Wildman–Crippen LogP) is 0.530. The first-order valence-corrected chi connectivity index (χ1v) is 5.50. The monoisotopic (exact) mass is 234 g/mol. The van der Waals surface area contributed by atoms with E-state index in [2.05, 4.69) is 10.6 Å². The molecule has 0 bridgehead atoms. The normalized spacial score (nSPS) is 18.6. The lowest BCUT2D eigenvalue weighted by atomic mass is 10.2. The van der Waals surface area contributed by atoms with E-state index in [-0.39, 0.29) is 18.4 Å². The molecule has 2 N–H and O–H groups in total. The quantitative estimate of drug-likeness (QED) is 0.746. The largest absolute Gasteiger partial charge is 0.464 e. The van der Waals surface area contributed by atoms with Gasteiger partial charge in [-0.05, 0) is 12.1 Å². The van der Waals surface area contributed by atoms with Gasteiger partial charge >= 0.3 is 5.97 Å². The van der Waals surface area contributed by atoms with Crippen molar-refractivity contribution in [2.24, 2.45) is 0 Å². The second-order valence-electron chi connectivity index (χ2n) is 3.80. The molecule has 0 spiro atoms. The standard InChI is InChI=1S/C12H14N2O3/c15-11(14-10-6-7-17-12(10)16)8-13-9-4-2-1-3-5-9/h1-5,10,13H,6-8H2,(H,14,15)/t10-/m0/s1. The van der Waals surface area contributed by atoms with E-state index >= 15 is 0 Å². The van der Waals surface area contributed by atoms with E-state index in [0.717, 1.165) is 5.69 Å². The summed E-state index contributed by atoms with van der Waals surface area (Å²) in [6.07, 6.45) is 0.551. The number of rotatable bonds is 4. The van der Waals surface area contributed by atoms with Crippen LogP contribution in [0.3, 0.4) is 0 Å². The molecule has 1 aromatic carbocycles. The molecule has 1 amide bonds. The second kappa shape index (κ2) is 5.34. The summed E-state index contributed by atoms with van der Waals surface area (Å²) in [5.41, 5.74) is 0.872. The van der Waals surface area contributed by atoms with Gasteiger partial charge in [-0.1, -0.05) is 18.2 Å². The topological polar surface area (TPSA) is 67.4 Å². The lowest BCUT2D eigenvalue weighted by Gasteiger charge is -2.10. The lowest BCUT2D eigenvalue weighted by molar-refractivity contribution is -0.141. The van der Waals surface area contributed by atoms with Crippen molar-refractivity contribution in [1.29, 1.82) is 0 Å². The van der Waals surface area contributed by atoms with Crippen LogP contribution in [0.25, 0.3) is 0 Å². The average Bonchev–Trinajstić information content (AvgIpc) is 2.74. The minimum atomic E-state index is -0.486. The molecule has 17 heavy (non-hydrogen) atoms. The van der Waals surface area contributed by atoms with Crippen LogP contribution in [-0.4, -0.2) is 31.1 Å². The third-order valence-electron chi connectivity index (χ3n) is 2.50. The number of nitrogens with one attached hydrogen (secondary N) is 2. The Morgan fingerprint density at radius 3 is 2.76 bits per heavy atom. The minimum Gasteiger partial charge on any atom is -0.464 e. The van der Waals surface area contributed by atoms with Crippen molar-refractivity contribution in [1.82, 2.24) is 5.32 Å². The summed E-state index contributed by atoms with van der Waals surface area (Å²) in [5, 5.41) is 5.59. The number of amides is 1. The fourth-order valence-electron chi connectivity index (χ4n) is 1.61. The zero-order valence-corrected chi connectivity index (χ0v) is 9.31. The number of hydrogen-bond acceptors (Lipinski definition) is 4. The van der Waals surface area contributed by atoms with Gasteiger partial charge in [-0.3, -0.25) is 4.79 Å². The van der Waals surface area contributed by atoms with Gasteiger partial charge < -0.3 is 15.4 Å². The maximum atomic E-state index is 11.5. The van der Waals surface area contributed by atoms with E-state index in [1.165, 1.54) is 0 Å². The van der Waals surface area contributed by atoms with Gasteiger partial charge in [0.15, 0.2) is 0 Å². The van der Waals surface area contributed by atoms with Gasteiger partial charge in [-0.15, -0.1) is 0 Å². The molecule has 0 radical (unpaired) electrons. The molecule has 1 aliphatic rings. The highest BCUT2D eigenvalue weighted by molar-refractivity contribution is 5.87. The summed E-state index contributed by atoms with van der Waals surface area (Å²) in [6.45, 7) is 0.531. The average molecular weight is 234 g/mol. The van der Waals surface area contributed by atoms with Gasteiger partial charge in [-0.25, -0.2) is 4.79 Å². The molecule has 1 aliphatic heterocycles. The molecule has 2 rings (SSSR count). The number of hydrogen-bond donors (Lipinski definition) is 2. The molecule has 0 unspecified atom stereocenters. The third kappa shape index (κ3) is 3.21. The van der Waals surface area contributed by atoms with Crippen LogP contribution < -0.4 is 10.6 Å². The van der Waals surface area contributed by atoms with Crippen molar-refractivity contribution in [2.75, 3.05) is 18.5 Å². The van der Waals surface area contributed by atoms with Gasteiger partial charge in [0.1, 0.15) is 6.04 Å². The Morgan fingerprint density at radius 1 is 1.35 bits per heavy atom. The number of esters is 1. The van der Waals surface area contributed by atoms with Gasteiger partial charge in [0.2, 0.25) is 5.91 Å². The van der Waals surface area contributed by atoms with Crippen molar-refractivity contribution in [3.8, 4) is 0 Å². The Hall–Kier alpha value is -2.04. The van der Waals surface area contributed by atoms with Crippen LogP contribution in [0.4, 0.5) is 5.69 Å². The summed E-state index contributed by atoms with van der Waals surface area (Å²) in [6, 6.07) is 8.93. The van der Waals surface area contributed by atoms with E-state index in [0.29, 0.717) is 13.0 Å². The molecule has 90 valence electrons. The molecule has 0 aliphatic carbocycles. The van der Waals surface area contributed by atoms with Gasteiger partial charge in [0, 0.05) is 12.1 Å². The van der Waals surface area contributed by atoms with Crippen LogP contribution in [0.15, 0.2) is 30.3 Å². The minimum absolute atomic E-state index is 0.147. The lowest BCUT2D eigenvalue weighted by Crippen LogP contribution is -2.40. The maximum absolute atomic E-state index is 11.5. The Balaban J connectivity index is 1.76. The summed E-state index contributed by atoms with van der Waals surface area (Å²) < 4.78 is 4.76. The van der Waals surface area contributed by atoms with E-state index in [1.807, 2.05) is 30.3 Å². The van der Waals surface area contributed by atoms with Gasteiger partial charge in [0.05, 0.1) is 13.2 Å². The Labute approximate surface area is 99.2 Å². The SMILES string of the molecule is O=C(CNc1ccccc1)N[C@H]1CCOC1=O. The van der Waals surface area contributed by atoms with Crippen molar-refractivity contribution in [2.45, 2.75) is 12.5 Å². The van der Waals surface area contributed by atoms with Crippen molar-refractivity contribution >= 4 is 17.6 Å². The highest BCUT2D eigenvalue weighted by Gasteiger charge is 2.27. The number of cyclic esters (lactones) is 1. The first-order chi connectivity index (χ1) is 8.25. The number of anilines is 1. The molecular formula is C12H14N2O3. The van der Waals surface area contributed by atoms with Crippen LogP contribution in [0.5, 0.6) is 0 Å². The number of carbonyl (C=O) groups is 2. The Kier molecular flexibility index (Phi) is 3.59. The molecule has 5 nitrogen and oxygen atoms in total. The molecular weight excluding hydrogens is 220 g/mol. The van der Waals surface area contributed by atoms with E-state index in [1.54, 1.807) is 0 Å². The fraction of sp³-hybridized carbons (Fsp3) is 0.333. The first-order valence-electron chi connectivity index (χ1n) is 5.50. The predicted molar refractivity (Wildman–Crippen MR) is 62.4 cm³/mol. The van der Waals surface area contributed by atoms with Crippen molar-refractivity contribution in [3.05, 3.63) is 30.3 Å². The van der Waals surface area contributed by atoms with Crippen molar-refractivity contribution < 1.29 is 14.3 Å². The highest BCUT2D eigenvalue weighted by atomic mass is 16.5. The smallest absolute Gasteiger partial charge is 0.328 e. The van der Waals surface area contributed by atoms with Crippen LogP contribution in [0.1, 0.15) is 6.42 Å². The molecule has 0 aromatic heterocycles. The molecule has 1 aromatic rings. The summed E-state index contributed by atoms with van der Waals surface area (Å²) >= 11 is 0. The number of para-hydroxylation sites is 1. The van der Waals surface area contributed by atoms with Crippen LogP contribution in [0, 0.1) is 0 Å². The molecule has 5 heteroatoms. The fourth-order valence-corrected chi connectivity index (χ4v) is 1.61. The van der Waals surface area contributed by atoms with E-state index in [4.69, 9.17) is 4.74 Å². The summed E-state index contributed by atoms with van der Waals surface area (Å²) in [4.78, 5) is 22.7. The zero-order valence-electron chi connectivity index (χ0n) is 9.31. The van der Waals surface area contributed by atoms with Gasteiger partial charge in [0.25, 0.3) is 0 Å². The van der Waals surface area contributed by atoms with Gasteiger partial charge in [-0.2, -0.15) is 0 Å². The zero-order chi connectivity index (χ0) is 12.1. The van der Waals surface area contributed by atoms with E-state index in [9.17, 15) is 9.59 Å². The van der Waals surface area contributed by atoms with Crippen LogP contribution in [0.2, 0.25) is 0 Å². The number of benzene rings is 1. The third-order valence-corrected chi connectivity index (χ3v) is 2.50. The Bertz CT molecular complexity index is 405. The highest BCUT2D eigenvalue weighted by Crippen LogP contribution is 2.06. The number of ether oxygens (including phenoxy) is 1. The summed E-state index contributed by atoms with van der Waals surface area (Å²) in [7, 11) is 0. The maximum Gasteiger partial charge on any atom is 0.328 e. The molecule has 0 saturated carbocycles. The van der Waals surface area contributed by atoms with Crippen LogP contribution in [-0.2, 0) is 14.3 Å². The first kappa shape index (κ1) is 11.4. The molecule has 1 heterocycles. The second-order valence-corrected chi connectivity index (χ2v) is 3.80. The molecule has 1 fully saturated rings. The van der Waals surface area contributed by atoms with Crippen molar-refractivity contribution in [3.63, 3.8) is 0 Å². The van der Waals surface area contributed by atoms with E-state index < -0.39 is 6.04 Å². The van der Waals surface area contributed by atoms with Crippen LogP contribution >= 0.6 is 0 Å². The molecule has 1 atom stereocenters. The summed E-state index contributed by atoms with van der Waals surface area (Å²) in [5.74, 6) is -0.559. The number of carbonyl (C=O) groups excluding carboxylic acids is 2. The Morgan fingerprint density at radius 2 is 2.12 bits per heavy atom.